The largest absolute Gasteiger partial charge is 0.384 e. The summed E-state index contributed by atoms with van der Waals surface area (Å²) in [7, 11) is 0. The lowest BCUT2D eigenvalue weighted by Crippen LogP contribution is -2.24. The first-order valence-corrected chi connectivity index (χ1v) is 11.1. The van der Waals surface area contributed by atoms with Crippen LogP contribution in [0.15, 0.2) is 72.8 Å². The normalized spacial score (nSPS) is 11.2. The van der Waals surface area contributed by atoms with Gasteiger partial charge in [-0.25, -0.2) is 9.97 Å². The Morgan fingerprint density at radius 1 is 1.00 bits per heavy atom. The molecule has 0 saturated carbocycles. The molecule has 0 saturated heterocycles. The van der Waals surface area contributed by atoms with Crippen molar-refractivity contribution in [2.45, 2.75) is 19.9 Å². The van der Waals surface area contributed by atoms with Gasteiger partial charge in [0.1, 0.15) is 16.9 Å². The SMILES string of the molecule is CCc1cccc(-n2c(N)c(C(=O)NCc3ccccc3Cl)c3nc4ccccc4nc32)c1. The van der Waals surface area contributed by atoms with Gasteiger partial charge in [-0.1, -0.05) is 61.0 Å². The van der Waals surface area contributed by atoms with Crippen molar-refractivity contribution in [3.63, 3.8) is 0 Å². The summed E-state index contributed by atoms with van der Waals surface area (Å²) in [5.41, 5.74) is 12.2. The summed E-state index contributed by atoms with van der Waals surface area (Å²) in [6.07, 6.45) is 0.882. The van der Waals surface area contributed by atoms with Gasteiger partial charge in [-0.15, -0.1) is 0 Å². The molecule has 5 aromatic rings. The maximum atomic E-state index is 13.4. The van der Waals surface area contributed by atoms with Crippen molar-refractivity contribution in [3.05, 3.63) is 94.5 Å². The molecule has 2 heterocycles. The lowest BCUT2D eigenvalue weighted by Gasteiger charge is -2.10. The van der Waals surface area contributed by atoms with E-state index in [1.807, 2.05) is 54.6 Å². The average Bonchev–Trinajstić information content (AvgIpc) is 3.12. The molecule has 0 unspecified atom stereocenters. The predicted molar refractivity (Wildman–Crippen MR) is 133 cm³/mol. The van der Waals surface area contributed by atoms with Crippen molar-refractivity contribution in [1.82, 2.24) is 19.9 Å². The molecule has 6 nitrogen and oxygen atoms in total. The average molecular weight is 456 g/mol. The monoisotopic (exact) mass is 455 g/mol. The van der Waals surface area contributed by atoms with E-state index in [-0.39, 0.29) is 12.5 Å². The van der Waals surface area contributed by atoms with E-state index >= 15 is 0 Å². The van der Waals surface area contributed by atoms with Crippen LogP contribution in [0.1, 0.15) is 28.4 Å². The number of amides is 1. The van der Waals surface area contributed by atoms with Gasteiger partial charge >= 0.3 is 0 Å². The molecule has 3 N–H and O–H groups in total. The zero-order valence-corrected chi connectivity index (χ0v) is 18.8. The molecular weight excluding hydrogens is 434 g/mol. The van der Waals surface area contributed by atoms with Gasteiger partial charge in [0.05, 0.1) is 11.0 Å². The molecule has 164 valence electrons. The van der Waals surface area contributed by atoms with Crippen LogP contribution in [0.25, 0.3) is 27.9 Å². The van der Waals surface area contributed by atoms with Crippen LogP contribution in [0.3, 0.4) is 0 Å². The Kier molecular flexibility index (Phi) is 5.44. The third kappa shape index (κ3) is 3.79. The van der Waals surface area contributed by atoms with Crippen molar-refractivity contribution in [2.75, 3.05) is 5.73 Å². The minimum absolute atomic E-state index is 0.275. The van der Waals surface area contributed by atoms with Crippen LogP contribution < -0.4 is 11.1 Å². The van der Waals surface area contributed by atoms with Gasteiger partial charge in [0, 0.05) is 17.3 Å². The number of carbonyl (C=O) groups excluding carboxylic acids is 1. The fraction of sp³-hybridized carbons (Fsp3) is 0.115. The number of hydrogen-bond acceptors (Lipinski definition) is 4. The van der Waals surface area contributed by atoms with Crippen LogP contribution in [-0.2, 0) is 13.0 Å². The number of carbonyl (C=O) groups is 1. The summed E-state index contributed by atoms with van der Waals surface area (Å²) in [6, 6.07) is 23.0. The molecule has 0 radical (unpaired) electrons. The van der Waals surface area contributed by atoms with Gasteiger partial charge in [0.15, 0.2) is 5.65 Å². The van der Waals surface area contributed by atoms with Crippen molar-refractivity contribution in [3.8, 4) is 5.69 Å². The third-order valence-corrected chi connectivity index (χ3v) is 6.07. The molecule has 5 rings (SSSR count). The first-order valence-electron chi connectivity index (χ1n) is 10.7. The fourth-order valence-electron chi connectivity index (χ4n) is 3.97. The molecule has 0 aliphatic carbocycles. The predicted octanol–water partition coefficient (Wildman–Crippen LogP) is 5.30. The zero-order chi connectivity index (χ0) is 22.9. The van der Waals surface area contributed by atoms with Crippen molar-refractivity contribution < 1.29 is 4.79 Å². The van der Waals surface area contributed by atoms with Gasteiger partial charge in [-0.05, 0) is 47.9 Å². The minimum atomic E-state index is -0.326. The zero-order valence-electron chi connectivity index (χ0n) is 18.0. The number of benzene rings is 3. The Morgan fingerprint density at radius 2 is 1.73 bits per heavy atom. The van der Waals surface area contributed by atoms with Gasteiger partial charge < -0.3 is 11.1 Å². The number of nitrogens with zero attached hydrogens (tertiary/aromatic N) is 3. The number of nitrogens with two attached hydrogens (primary N) is 1. The quantitative estimate of drug-likeness (QED) is 0.376. The van der Waals surface area contributed by atoms with Crippen LogP contribution in [-0.4, -0.2) is 20.4 Å². The van der Waals surface area contributed by atoms with Gasteiger partial charge in [-0.2, -0.15) is 0 Å². The third-order valence-electron chi connectivity index (χ3n) is 5.70. The standard InChI is InChI=1S/C26H22ClN5O/c1-2-16-8-7-10-18(14-16)32-24(28)22(26(33)29-15-17-9-3-4-11-19(17)27)23-25(32)31-21-13-6-5-12-20(21)30-23/h3-14H,2,15,28H2,1H3,(H,29,33). The number of rotatable bonds is 5. The lowest BCUT2D eigenvalue weighted by atomic mass is 10.1. The molecule has 0 atom stereocenters. The highest BCUT2D eigenvalue weighted by atomic mass is 35.5. The van der Waals surface area contributed by atoms with Crippen LogP contribution in [0, 0.1) is 0 Å². The van der Waals surface area contributed by atoms with Crippen molar-refractivity contribution in [2.24, 2.45) is 0 Å². The molecular formula is C26H22ClN5O. The van der Waals surface area contributed by atoms with E-state index in [0.29, 0.717) is 33.1 Å². The Balaban J connectivity index is 1.67. The van der Waals surface area contributed by atoms with Crippen LogP contribution in [0.4, 0.5) is 5.82 Å². The smallest absolute Gasteiger partial charge is 0.257 e. The Morgan fingerprint density at radius 3 is 2.48 bits per heavy atom. The molecule has 0 fully saturated rings. The number of para-hydroxylation sites is 2. The molecule has 0 bridgehead atoms. The van der Waals surface area contributed by atoms with Crippen molar-refractivity contribution >= 4 is 45.5 Å². The molecule has 1 amide bonds. The van der Waals surface area contributed by atoms with E-state index in [1.54, 1.807) is 10.6 Å². The summed E-state index contributed by atoms with van der Waals surface area (Å²) in [5, 5.41) is 3.53. The van der Waals surface area contributed by atoms with Crippen LogP contribution in [0.2, 0.25) is 5.02 Å². The van der Waals surface area contributed by atoms with E-state index in [4.69, 9.17) is 27.3 Å². The molecule has 7 heteroatoms. The topological polar surface area (TPSA) is 85.8 Å². The number of halogens is 1. The lowest BCUT2D eigenvalue weighted by molar-refractivity contribution is 0.0953. The van der Waals surface area contributed by atoms with E-state index in [9.17, 15) is 4.79 Å². The van der Waals surface area contributed by atoms with Crippen LogP contribution in [0.5, 0.6) is 0 Å². The first-order chi connectivity index (χ1) is 16.1. The maximum Gasteiger partial charge on any atom is 0.257 e. The second kappa shape index (κ2) is 8.56. The van der Waals surface area contributed by atoms with Crippen molar-refractivity contribution in [1.29, 1.82) is 0 Å². The summed E-state index contributed by atoms with van der Waals surface area (Å²) in [5.74, 6) is -0.0300. The highest BCUT2D eigenvalue weighted by Gasteiger charge is 2.25. The molecule has 0 spiro atoms. The van der Waals surface area contributed by atoms with E-state index in [0.717, 1.165) is 28.8 Å². The minimum Gasteiger partial charge on any atom is -0.384 e. The van der Waals surface area contributed by atoms with E-state index < -0.39 is 0 Å². The maximum absolute atomic E-state index is 13.4. The van der Waals surface area contributed by atoms with Gasteiger partial charge in [-0.3, -0.25) is 9.36 Å². The van der Waals surface area contributed by atoms with Gasteiger partial charge in [0.2, 0.25) is 0 Å². The number of nitrogens with one attached hydrogen (secondary N) is 1. The summed E-state index contributed by atoms with van der Waals surface area (Å²) >= 11 is 6.26. The van der Waals surface area contributed by atoms with E-state index in [1.165, 1.54) is 0 Å². The fourth-order valence-corrected chi connectivity index (χ4v) is 4.17. The number of aryl methyl sites for hydroxylation is 1. The highest BCUT2D eigenvalue weighted by molar-refractivity contribution is 6.31. The number of anilines is 1. The molecule has 3 aromatic carbocycles. The molecule has 0 aliphatic rings. The second-order valence-electron chi connectivity index (χ2n) is 7.78. The summed E-state index contributed by atoms with van der Waals surface area (Å²) in [4.78, 5) is 22.9. The Bertz CT molecular complexity index is 1510. The highest BCUT2D eigenvalue weighted by Crippen LogP contribution is 2.31. The first kappa shape index (κ1) is 21.0. The molecule has 0 aliphatic heterocycles. The number of hydrogen-bond donors (Lipinski definition) is 2. The number of aromatic nitrogens is 3. The molecule has 2 aromatic heterocycles. The summed E-state index contributed by atoms with van der Waals surface area (Å²) < 4.78 is 1.80. The van der Waals surface area contributed by atoms with Crippen LogP contribution >= 0.6 is 11.6 Å². The Labute approximate surface area is 196 Å². The number of fused-ring (bicyclic) bond motifs is 2. The summed E-state index contributed by atoms with van der Waals surface area (Å²) in [6.45, 7) is 2.37. The molecule has 33 heavy (non-hydrogen) atoms. The second-order valence-corrected chi connectivity index (χ2v) is 8.18. The Hall–Kier alpha value is -3.90. The van der Waals surface area contributed by atoms with E-state index in [2.05, 4.69) is 24.4 Å². The number of nitrogen functional groups attached to an aromatic ring is 1. The van der Waals surface area contributed by atoms with Gasteiger partial charge in [0.25, 0.3) is 5.91 Å².